The Hall–Kier alpha value is -2.12. The highest BCUT2D eigenvalue weighted by molar-refractivity contribution is 7.92. The van der Waals surface area contributed by atoms with E-state index in [0.717, 1.165) is 36.3 Å². The van der Waals surface area contributed by atoms with Crippen molar-refractivity contribution in [1.29, 1.82) is 0 Å². The van der Waals surface area contributed by atoms with Crippen molar-refractivity contribution in [3.63, 3.8) is 0 Å². The highest BCUT2D eigenvalue weighted by Gasteiger charge is 2.22. The third-order valence-corrected chi connectivity index (χ3v) is 5.77. The molecule has 0 bridgehead atoms. The van der Waals surface area contributed by atoms with Gasteiger partial charge in [0.15, 0.2) is 0 Å². The molecule has 25 heavy (non-hydrogen) atoms. The molecule has 0 saturated heterocycles. The van der Waals surface area contributed by atoms with Crippen molar-refractivity contribution in [2.24, 2.45) is 0 Å². The van der Waals surface area contributed by atoms with Gasteiger partial charge in [0.05, 0.1) is 12.0 Å². The topological polar surface area (TPSA) is 80.3 Å². The largest absolute Gasteiger partial charge is 0.479 e. The summed E-state index contributed by atoms with van der Waals surface area (Å²) in [5, 5.41) is 3.36. The standard InChI is InChI=1S/C18H23N3O3S/c1-12-4-6-14(7-5-12)25(22,23)21-17-10-15-13(2)11-19-9-8-16(15)20-18(17)24-3/h4-7,10,13,19,21H,8-9,11H2,1-3H3. The quantitative estimate of drug-likeness (QED) is 0.874. The van der Waals surface area contributed by atoms with Gasteiger partial charge in [-0.25, -0.2) is 13.4 Å². The van der Waals surface area contributed by atoms with E-state index in [4.69, 9.17) is 4.74 Å². The van der Waals surface area contributed by atoms with E-state index < -0.39 is 10.0 Å². The van der Waals surface area contributed by atoms with E-state index in [-0.39, 0.29) is 10.8 Å². The molecule has 0 radical (unpaired) electrons. The number of aromatic nitrogens is 1. The van der Waals surface area contributed by atoms with Gasteiger partial charge in [-0.3, -0.25) is 4.72 Å². The molecule has 0 amide bonds. The minimum atomic E-state index is -3.70. The summed E-state index contributed by atoms with van der Waals surface area (Å²) < 4.78 is 33.3. The van der Waals surface area contributed by atoms with E-state index >= 15 is 0 Å². The van der Waals surface area contributed by atoms with Gasteiger partial charge >= 0.3 is 0 Å². The highest BCUT2D eigenvalue weighted by atomic mass is 32.2. The van der Waals surface area contributed by atoms with Crippen LogP contribution in [0.5, 0.6) is 5.88 Å². The molecule has 1 atom stereocenters. The van der Waals surface area contributed by atoms with Crippen LogP contribution in [-0.4, -0.2) is 33.6 Å². The van der Waals surface area contributed by atoms with Crippen LogP contribution < -0.4 is 14.8 Å². The van der Waals surface area contributed by atoms with Crippen molar-refractivity contribution in [3.05, 3.63) is 47.2 Å². The normalized spacial score (nSPS) is 17.5. The summed E-state index contributed by atoms with van der Waals surface area (Å²) >= 11 is 0. The molecule has 1 aliphatic heterocycles. The fourth-order valence-electron chi connectivity index (χ4n) is 2.96. The maximum atomic E-state index is 12.7. The molecule has 1 aromatic heterocycles. The fraction of sp³-hybridized carbons (Fsp3) is 0.389. The average molecular weight is 361 g/mol. The lowest BCUT2D eigenvalue weighted by Crippen LogP contribution is -2.18. The Morgan fingerprint density at radius 2 is 2.00 bits per heavy atom. The number of rotatable bonds is 4. The molecule has 7 heteroatoms. The van der Waals surface area contributed by atoms with Crippen LogP contribution in [0, 0.1) is 6.92 Å². The molecule has 1 unspecified atom stereocenters. The van der Waals surface area contributed by atoms with E-state index in [1.54, 1.807) is 24.3 Å². The van der Waals surface area contributed by atoms with Crippen LogP contribution in [0.25, 0.3) is 0 Å². The first-order chi connectivity index (χ1) is 11.9. The van der Waals surface area contributed by atoms with Gasteiger partial charge in [-0.05, 0) is 36.6 Å². The van der Waals surface area contributed by atoms with Gasteiger partial charge in [-0.15, -0.1) is 0 Å². The summed E-state index contributed by atoms with van der Waals surface area (Å²) in [5.74, 6) is 0.544. The van der Waals surface area contributed by atoms with Gasteiger partial charge in [0.2, 0.25) is 5.88 Å². The molecule has 3 rings (SSSR count). The number of hydrogen-bond donors (Lipinski definition) is 2. The number of aryl methyl sites for hydroxylation is 1. The number of methoxy groups -OCH3 is 1. The fourth-order valence-corrected chi connectivity index (χ4v) is 4.01. The van der Waals surface area contributed by atoms with E-state index in [1.807, 2.05) is 13.0 Å². The molecule has 0 aliphatic carbocycles. The summed E-state index contributed by atoms with van der Waals surface area (Å²) in [5.41, 5.74) is 3.38. The van der Waals surface area contributed by atoms with Crippen LogP contribution >= 0.6 is 0 Å². The van der Waals surface area contributed by atoms with Crippen molar-refractivity contribution in [3.8, 4) is 5.88 Å². The number of pyridine rings is 1. The SMILES string of the molecule is COc1nc2c(cc1NS(=O)(=O)c1ccc(C)cc1)C(C)CNCC2. The molecule has 6 nitrogen and oxygen atoms in total. The molecule has 0 spiro atoms. The lowest BCUT2D eigenvalue weighted by atomic mass is 9.99. The second-order valence-electron chi connectivity index (χ2n) is 6.35. The summed E-state index contributed by atoms with van der Waals surface area (Å²) in [6, 6.07) is 8.58. The van der Waals surface area contributed by atoms with Crippen molar-refractivity contribution >= 4 is 15.7 Å². The number of sulfonamides is 1. The molecular weight excluding hydrogens is 338 g/mol. The molecule has 1 aliphatic rings. The summed E-state index contributed by atoms with van der Waals surface area (Å²) in [6.07, 6.45) is 0.793. The molecule has 2 N–H and O–H groups in total. The molecule has 0 fully saturated rings. The van der Waals surface area contributed by atoms with Gasteiger partial charge in [-0.2, -0.15) is 0 Å². The molecule has 1 aromatic carbocycles. The third-order valence-electron chi connectivity index (χ3n) is 4.39. The van der Waals surface area contributed by atoms with Gasteiger partial charge in [0.1, 0.15) is 5.69 Å². The smallest absolute Gasteiger partial charge is 0.262 e. The Morgan fingerprint density at radius 1 is 1.28 bits per heavy atom. The predicted octanol–water partition coefficient (Wildman–Crippen LogP) is 2.45. The summed E-state index contributed by atoms with van der Waals surface area (Å²) in [6.45, 7) is 5.70. The van der Waals surface area contributed by atoms with Gasteiger partial charge in [0, 0.05) is 25.2 Å². The Kier molecular flexibility index (Phi) is 4.96. The predicted molar refractivity (Wildman–Crippen MR) is 97.8 cm³/mol. The number of nitrogens with zero attached hydrogens (tertiary/aromatic N) is 1. The molecule has 2 heterocycles. The van der Waals surface area contributed by atoms with Gasteiger partial charge in [0.25, 0.3) is 10.0 Å². The zero-order valence-electron chi connectivity index (χ0n) is 14.7. The molecule has 134 valence electrons. The lowest BCUT2D eigenvalue weighted by molar-refractivity contribution is 0.398. The number of benzene rings is 1. The Labute approximate surface area is 148 Å². The first kappa shape index (κ1) is 17.7. The van der Waals surface area contributed by atoms with E-state index in [0.29, 0.717) is 11.6 Å². The maximum absolute atomic E-state index is 12.7. The summed E-state index contributed by atoms with van der Waals surface area (Å²) in [7, 11) is -2.20. The average Bonchev–Trinajstić information content (AvgIpc) is 2.76. The van der Waals surface area contributed by atoms with Crippen molar-refractivity contribution in [1.82, 2.24) is 10.3 Å². The highest BCUT2D eigenvalue weighted by Crippen LogP contribution is 2.32. The maximum Gasteiger partial charge on any atom is 0.262 e. The van der Waals surface area contributed by atoms with E-state index in [2.05, 4.69) is 21.9 Å². The van der Waals surface area contributed by atoms with Gasteiger partial charge < -0.3 is 10.1 Å². The van der Waals surface area contributed by atoms with Crippen molar-refractivity contribution in [2.75, 3.05) is 24.9 Å². The van der Waals surface area contributed by atoms with Crippen LogP contribution in [0.3, 0.4) is 0 Å². The van der Waals surface area contributed by atoms with Crippen molar-refractivity contribution in [2.45, 2.75) is 31.1 Å². The van der Waals surface area contributed by atoms with Gasteiger partial charge in [-0.1, -0.05) is 24.6 Å². The van der Waals surface area contributed by atoms with Crippen LogP contribution in [0.4, 0.5) is 5.69 Å². The monoisotopic (exact) mass is 361 g/mol. The number of ether oxygens (including phenoxy) is 1. The second kappa shape index (κ2) is 7.01. The number of fused-ring (bicyclic) bond motifs is 1. The zero-order valence-corrected chi connectivity index (χ0v) is 15.5. The van der Waals surface area contributed by atoms with E-state index in [9.17, 15) is 8.42 Å². The van der Waals surface area contributed by atoms with Crippen LogP contribution in [0.15, 0.2) is 35.2 Å². The number of nitrogens with one attached hydrogen (secondary N) is 2. The Balaban J connectivity index is 2.00. The Bertz CT molecular complexity index is 864. The number of hydrogen-bond acceptors (Lipinski definition) is 5. The Morgan fingerprint density at radius 3 is 2.68 bits per heavy atom. The van der Waals surface area contributed by atoms with Crippen LogP contribution in [0.2, 0.25) is 0 Å². The summed E-state index contributed by atoms with van der Waals surface area (Å²) in [4.78, 5) is 4.76. The minimum Gasteiger partial charge on any atom is -0.479 e. The zero-order chi connectivity index (χ0) is 18.0. The van der Waals surface area contributed by atoms with Crippen molar-refractivity contribution < 1.29 is 13.2 Å². The first-order valence-electron chi connectivity index (χ1n) is 8.28. The first-order valence-corrected chi connectivity index (χ1v) is 9.77. The number of anilines is 1. The molecule has 2 aromatic rings. The van der Waals surface area contributed by atoms with E-state index in [1.165, 1.54) is 7.11 Å². The minimum absolute atomic E-state index is 0.213. The van der Waals surface area contributed by atoms with Crippen LogP contribution in [-0.2, 0) is 16.4 Å². The van der Waals surface area contributed by atoms with Crippen LogP contribution in [0.1, 0.15) is 29.7 Å². The second-order valence-corrected chi connectivity index (χ2v) is 8.04. The molecular formula is C18H23N3O3S. The molecule has 0 saturated carbocycles. The third kappa shape index (κ3) is 3.77. The lowest BCUT2D eigenvalue weighted by Gasteiger charge is -2.17.